The lowest BCUT2D eigenvalue weighted by molar-refractivity contribution is -0.119. The number of rotatable bonds is 9. The van der Waals surface area contributed by atoms with Crippen molar-refractivity contribution in [3.63, 3.8) is 0 Å². The van der Waals surface area contributed by atoms with Crippen LogP contribution in [0.15, 0.2) is 0 Å². The van der Waals surface area contributed by atoms with Crippen molar-refractivity contribution in [3.05, 3.63) is 0 Å². The van der Waals surface area contributed by atoms with Crippen molar-refractivity contribution in [2.75, 3.05) is 12.4 Å². The Morgan fingerprint density at radius 1 is 1.12 bits per heavy atom. The van der Waals surface area contributed by atoms with Gasteiger partial charge in [0, 0.05) is 12.8 Å². The lowest BCUT2D eigenvalue weighted by atomic mass is 10.1. The molecule has 0 spiro atoms. The number of nitrogens with two attached hydrogens (primary N) is 1. The highest BCUT2D eigenvalue weighted by Gasteiger charge is 2.03. The highest BCUT2D eigenvalue weighted by Crippen LogP contribution is 2.04. The second-order valence-corrected chi connectivity index (χ2v) is 3.90. The van der Waals surface area contributed by atoms with Gasteiger partial charge in [-0.15, -0.1) is 0 Å². The fourth-order valence-corrected chi connectivity index (χ4v) is 1.44. The third kappa shape index (κ3) is 9.79. The van der Waals surface area contributed by atoms with Crippen LogP contribution in [0.3, 0.4) is 0 Å². The van der Waals surface area contributed by atoms with E-state index >= 15 is 0 Å². The molecule has 1 amide bonds. The molecule has 0 fully saturated rings. The van der Waals surface area contributed by atoms with E-state index < -0.39 is 6.09 Å². The van der Waals surface area contributed by atoms with Crippen molar-refractivity contribution >= 4 is 24.5 Å². The van der Waals surface area contributed by atoms with E-state index in [1.807, 2.05) is 5.43 Å². The number of Topliss-reactive ketones (excluding diaryl/α,β-unsaturated/α-hetero) is 1. The Morgan fingerprint density at radius 2 is 1.81 bits per heavy atom. The van der Waals surface area contributed by atoms with Crippen LogP contribution < -0.4 is 11.3 Å². The zero-order valence-corrected chi connectivity index (χ0v) is 10.3. The summed E-state index contributed by atoms with van der Waals surface area (Å²) in [5, 5.41) is 0. The van der Waals surface area contributed by atoms with Crippen LogP contribution in [0.4, 0.5) is 4.79 Å². The summed E-state index contributed by atoms with van der Waals surface area (Å²) in [5.41, 5.74) is 1.85. The first-order valence-corrected chi connectivity index (χ1v) is 6.10. The summed E-state index contributed by atoms with van der Waals surface area (Å²) in [6.45, 7) is 0.228. The highest BCUT2D eigenvalue weighted by molar-refractivity contribution is 7.80. The van der Waals surface area contributed by atoms with Gasteiger partial charge in [-0.05, 0) is 25.0 Å². The van der Waals surface area contributed by atoms with Crippen molar-refractivity contribution in [2.24, 2.45) is 5.84 Å². The molecule has 0 heterocycles. The minimum absolute atomic E-state index is 0.218. The first-order valence-electron chi connectivity index (χ1n) is 5.46. The molecular formula is C10H20N2O3S. The van der Waals surface area contributed by atoms with Crippen molar-refractivity contribution in [1.82, 2.24) is 5.43 Å². The molecule has 94 valence electrons. The van der Waals surface area contributed by atoms with Gasteiger partial charge in [0.25, 0.3) is 0 Å². The van der Waals surface area contributed by atoms with Crippen LogP contribution in [0, 0.1) is 0 Å². The van der Waals surface area contributed by atoms with Gasteiger partial charge in [-0.1, -0.05) is 6.42 Å². The Balaban J connectivity index is 3.27. The molecule has 0 atom stereocenters. The molecule has 5 nitrogen and oxygen atoms in total. The number of hydrazine groups is 1. The molecule has 6 heteroatoms. The summed E-state index contributed by atoms with van der Waals surface area (Å²) in [6.07, 6.45) is 3.97. The van der Waals surface area contributed by atoms with E-state index in [-0.39, 0.29) is 12.4 Å². The number of amides is 1. The quantitative estimate of drug-likeness (QED) is 0.189. The number of thiol groups is 1. The summed E-state index contributed by atoms with van der Waals surface area (Å²) in [6, 6.07) is 0. The molecule has 0 aliphatic rings. The predicted molar refractivity (Wildman–Crippen MR) is 65.2 cm³/mol. The average Bonchev–Trinajstić information content (AvgIpc) is 2.30. The molecule has 0 aliphatic heterocycles. The lowest BCUT2D eigenvalue weighted by Gasteiger charge is -2.03. The number of nitrogens with one attached hydrogen (secondary N) is 1. The Bertz CT molecular complexity index is 212. The highest BCUT2D eigenvalue weighted by atomic mass is 32.1. The third-order valence-electron chi connectivity index (χ3n) is 2.06. The molecule has 0 aromatic carbocycles. The van der Waals surface area contributed by atoms with E-state index in [1.165, 1.54) is 0 Å². The van der Waals surface area contributed by atoms with Crippen LogP contribution in [0.5, 0.6) is 0 Å². The predicted octanol–water partition coefficient (Wildman–Crippen LogP) is 1.43. The van der Waals surface area contributed by atoms with Crippen LogP contribution in [0.1, 0.15) is 38.5 Å². The van der Waals surface area contributed by atoms with Gasteiger partial charge < -0.3 is 4.74 Å². The summed E-state index contributed by atoms with van der Waals surface area (Å²) < 4.78 is 4.65. The summed E-state index contributed by atoms with van der Waals surface area (Å²) in [7, 11) is 0. The van der Waals surface area contributed by atoms with E-state index in [2.05, 4.69) is 17.4 Å². The van der Waals surface area contributed by atoms with Crippen LogP contribution in [0.25, 0.3) is 0 Å². The fraction of sp³-hybridized carbons (Fsp3) is 0.800. The Labute approximate surface area is 101 Å². The van der Waals surface area contributed by atoms with E-state index in [1.54, 1.807) is 0 Å². The molecule has 0 unspecified atom stereocenters. The Kier molecular flexibility index (Phi) is 10.3. The lowest BCUT2D eigenvalue weighted by Crippen LogP contribution is -2.30. The summed E-state index contributed by atoms with van der Waals surface area (Å²) >= 11 is 4.09. The third-order valence-corrected chi connectivity index (χ3v) is 2.38. The van der Waals surface area contributed by atoms with Crippen LogP contribution in [0.2, 0.25) is 0 Å². The molecule has 16 heavy (non-hydrogen) atoms. The van der Waals surface area contributed by atoms with E-state index in [4.69, 9.17) is 5.84 Å². The van der Waals surface area contributed by atoms with E-state index in [0.717, 1.165) is 25.0 Å². The maximum absolute atomic E-state index is 11.3. The van der Waals surface area contributed by atoms with Crippen molar-refractivity contribution in [3.8, 4) is 0 Å². The van der Waals surface area contributed by atoms with Gasteiger partial charge in [0.1, 0.15) is 5.78 Å². The topological polar surface area (TPSA) is 81.4 Å². The summed E-state index contributed by atoms with van der Waals surface area (Å²) in [5.74, 6) is 5.90. The number of unbranched alkanes of at least 4 members (excludes halogenated alkanes) is 2. The average molecular weight is 248 g/mol. The van der Waals surface area contributed by atoms with Gasteiger partial charge in [0.15, 0.2) is 0 Å². The van der Waals surface area contributed by atoms with Crippen LogP contribution >= 0.6 is 12.6 Å². The smallest absolute Gasteiger partial charge is 0.421 e. The zero-order valence-electron chi connectivity index (χ0n) is 9.41. The minimum atomic E-state index is -0.666. The van der Waals surface area contributed by atoms with Gasteiger partial charge in [-0.2, -0.15) is 12.6 Å². The number of hydrogen-bond acceptors (Lipinski definition) is 5. The Morgan fingerprint density at radius 3 is 2.44 bits per heavy atom. The van der Waals surface area contributed by atoms with E-state index in [9.17, 15) is 9.59 Å². The van der Waals surface area contributed by atoms with Crippen molar-refractivity contribution in [2.45, 2.75) is 38.5 Å². The standard InChI is InChI=1S/C10H20N2O3S/c11-12-10(14)15-7-4-6-9(13)5-2-1-3-8-16/h16H,1-8,11H2,(H,12,14). The largest absolute Gasteiger partial charge is 0.449 e. The number of hydrogen-bond donors (Lipinski definition) is 3. The molecule has 3 N–H and O–H groups in total. The van der Waals surface area contributed by atoms with E-state index in [0.29, 0.717) is 19.3 Å². The van der Waals surface area contributed by atoms with Crippen molar-refractivity contribution < 1.29 is 14.3 Å². The first-order chi connectivity index (χ1) is 7.70. The molecule has 0 radical (unpaired) electrons. The van der Waals surface area contributed by atoms with Gasteiger partial charge in [-0.3, -0.25) is 10.2 Å². The first kappa shape index (κ1) is 15.2. The Hall–Kier alpha value is -0.750. The molecule has 0 aromatic rings. The minimum Gasteiger partial charge on any atom is -0.449 e. The second kappa shape index (κ2) is 10.8. The number of ether oxygens (including phenoxy) is 1. The number of carbonyl (C=O) groups is 2. The monoisotopic (exact) mass is 248 g/mol. The maximum atomic E-state index is 11.3. The summed E-state index contributed by atoms with van der Waals surface area (Å²) in [4.78, 5) is 21.9. The van der Waals surface area contributed by atoms with Gasteiger partial charge in [0.05, 0.1) is 6.61 Å². The molecule has 0 bridgehead atoms. The molecule has 0 saturated heterocycles. The zero-order chi connectivity index (χ0) is 12.2. The van der Waals surface area contributed by atoms with Crippen molar-refractivity contribution in [1.29, 1.82) is 0 Å². The molecular weight excluding hydrogens is 228 g/mol. The number of carbonyl (C=O) groups excluding carboxylic acids is 2. The molecule has 0 rings (SSSR count). The second-order valence-electron chi connectivity index (χ2n) is 3.46. The molecule has 0 aromatic heterocycles. The molecule has 0 saturated carbocycles. The normalized spacial score (nSPS) is 9.88. The maximum Gasteiger partial charge on any atom is 0.421 e. The fourth-order valence-electron chi connectivity index (χ4n) is 1.21. The van der Waals surface area contributed by atoms with Gasteiger partial charge >= 0.3 is 6.09 Å². The van der Waals surface area contributed by atoms with Gasteiger partial charge in [-0.25, -0.2) is 10.6 Å². The van der Waals surface area contributed by atoms with Crippen LogP contribution in [-0.4, -0.2) is 24.2 Å². The number of ketones is 1. The van der Waals surface area contributed by atoms with Crippen LogP contribution in [-0.2, 0) is 9.53 Å². The molecule has 0 aliphatic carbocycles. The van der Waals surface area contributed by atoms with Gasteiger partial charge in [0.2, 0.25) is 0 Å². The SMILES string of the molecule is NNC(=O)OCCCC(=O)CCCCCS.